The number of ether oxygens (including phenoxy) is 1. The molecule has 2 aliphatic heterocycles. The van der Waals surface area contributed by atoms with Gasteiger partial charge in [-0.1, -0.05) is 12.1 Å². The molecule has 0 spiro atoms. The van der Waals surface area contributed by atoms with Gasteiger partial charge >= 0.3 is 5.97 Å². The zero-order valence-corrected chi connectivity index (χ0v) is 20.7. The normalized spacial score (nSPS) is 18.8. The highest BCUT2D eigenvalue weighted by molar-refractivity contribution is 5.91. The molecule has 2 saturated heterocycles. The van der Waals surface area contributed by atoms with Gasteiger partial charge in [-0.15, -0.1) is 0 Å². The molecule has 1 unspecified atom stereocenters. The van der Waals surface area contributed by atoms with Crippen molar-refractivity contribution in [1.29, 1.82) is 0 Å². The number of halogens is 3. The topological polar surface area (TPSA) is 70.1 Å². The Morgan fingerprint density at radius 1 is 0.973 bits per heavy atom. The standard InChI is InChI=1S/C28H31F3N2O4/c1-37-22-5-3-19(4-6-22)20-8-14-33(15-9-20)27(28(35)36)21-10-12-32(13-11-21)25(34)7-2-18-16-23(29)26(31)24(30)17-18/h2-7,16-17,20-21,27H,8-15H2,1H3,(H,35,36). The molecule has 1 N–H and O–H groups in total. The predicted molar refractivity (Wildman–Crippen MR) is 133 cm³/mol. The SMILES string of the molecule is COc1ccc(C2CCN(C(C(=O)O)C3CCN(C(=O)C=Cc4cc(F)c(F)c(F)c4)CC3)CC2)cc1. The van der Waals surface area contributed by atoms with Crippen LogP contribution in [0.5, 0.6) is 5.75 Å². The first-order valence-electron chi connectivity index (χ1n) is 12.5. The molecule has 0 aromatic heterocycles. The van der Waals surface area contributed by atoms with Crippen LogP contribution < -0.4 is 4.74 Å². The van der Waals surface area contributed by atoms with E-state index in [9.17, 15) is 27.9 Å². The lowest BCUT2D eigenvalue weighted by Gasteiger charge is -2.41. The molecule has 1 atom stereocenters. The third-order valence-corrected chi connectivity index (χ3v) is 7.49. The Morgan fingerprint density at radius 2 is 1.57 bits per heavy atom. The summed E-state index contributed by atoms with van der Waals surface area (Å²) in [4.78, 5) is 28.5. The number of carbonyl (C=O) groups excluding carboxylic acids is 1. The number of hydrogen-bond donors (Lipinski definition) is 1. The van der Waals surface area contributed by atoms with Gasteiger partial charge in [0.2, 0.25) is 5.91 Å². The van der Waals surface area contributed by atoms with Crippen molar-refractivity contribution in [3.05, 3.63) is 71.1 Å². The van der Waals surface area contributed by atoms with E-state index in [0.717, 1.165) is 30.7 Å². The second-order valence-electron chi connectivity index (χ2n) is 9.66. The molecule has 37 heavy (non-hydrogen) atoms. The van der Waals surface area contributed by atoms with E-state index in [0.29, 0.717) is 44.9 Å². The van der Waals surface area contributed by atoms with E-state index in [1.807, 2.05) is 12.1 Å². The number of carbonyl (C=O) groups is 2. The summed E-state index contributed by atoms with van der Waals surface area (Å²) in [6, 6.07) is 9.07. The minimum absolute atomic E-state index is 0.0450. The van der Waals surface area contributed by atoms with E-state index in [-0.39, 0.29) is 17.4 Å². The number of hydrogen-bond acceptors (Lipinski definition) is 4. The number of likely N-dealkylation sites (tertiary alicyclic amines) is 2. The molecule has 2 heterocycles. The quantitative estimate of drug-likeness (QED) is 0.427. The maximum absolute atomic E-state index is 13.4. The predicted octanol–water partition coefficient (Wildman–Crippen LogP) is 4.70. The third-order valence-electron chi connectivity index (χ3n) is 7.49. The van der Waals surface area contributed by atoms with Crippen molar-refractivity contribution in [3.63, 3.8) is 0 Å². The number of piperidine rings is 2. The Labute approximate surface area is 214 Å². The van der Waals surface area contributed by atoms with Crippen molar-refractivity contribution in [1.82, 2.24) is 9.80 Å². The van der Waals surface area contributed by atoms with Crippen LogP contribution in [0.2, 0.25) is 0 Å². The average Bonchev–Trinajstić information content (AvgIpc) is 2.91. The Kier molecular flexibility index (Phi) is 8.53. The van der Waals surface area contributed by atoms with Crippen LogP contribution in [0.15, 0.2) is 42.5 Å². The van der Waals surface area contributed by atoms with Crippen LogP contribution in [-0.2, 0) is 9.59 Å². The summed E-state index contributed by atoms with van der Waals surface area (Å²) in [5.41, 5.74) is 1.28. The number of carboxylic acid groups (broad SMARTS) is 1. The molecular formula is C28H31F3N2O4. The highest BCUT2D eigenvalue weighted by Crippen LogP contribution is 2.33. The second-order valence-corrected chi connectivity index (χ2v) is 9.66. The number of nitrogens with zero attached hydrogens (tertiary/aromatic N) is 2. The van der Waals surface area contributed by atoms with Crippen LogP contribution >= 0.6 is 0 Å². The van der Waals surface area contributed by atoms with E-state index in [1.54, 1.807) is 12.0 Å². The largest absolute Gasteiger partial charge is 0.497 e. The molecule has 2 fully saturated rings. The van der Waals surface area contributed by atoms with Crippen LogP contribution in [-0.4, -0.2) is 66.1 Å². The maximum Gasteiger partial charge on any atom is 0.321 e. The van der Waals surface area contributed by atoms with Gasteiger partial charge in [-0.2, -0.15) is 0 Å². The molecule has 0 bridgehead atoms. The van der Waals surface area contributed by atoms with Crippen molar-refractivity contribution in [2.45, 2.75) is 37.6 Å². The van der Waals surface area contributed by atoms with Gasteiger partial charge in [0.15, 0.2) is 17.5 Å². The lowest BCUT2D eigenvalue weighted by molar-refractivity contribution is -0.147. The molecular weight excluding hydrogens is 485 g/mol. The number of methoxy groups -OCH3 is 1. The van der Waals surface area contributed by atoms with Crippen LogP contribution in [0.1, 0.15) is 42.7 Å². The van der Waals surface area contributed by atoms with E-state index in [4.69, 9.17) is 4.74 Å². The van der Waals surface area contributed by atoms with Gasteiger partial charge in [0.05, 0.1) is 7.11 Å². The van der Waals surface area contributed by atoms with Gasteiger partial charge in [-0.05, 0) is 92.1 Å². The van der Waals surface area contributed by atoms with Crippen LogP contribution in [0.4, 0.5) is 13.2 Å². The van der Waals surface area contributed by atoms with Crippen molar-refractivity contribution < 1.29 is 32.6 Å². The molecule has 0 aliphatic carbocycles. The van der Waals surface area contributed by atoms with E-state index in [1.165, 1.54) is 17.7 Å². The molecule has 198 valence electrons. The fourth-order valence-corrected chi connectivity index (χ4v) is 5.42. The van der Waals surface area contributed by atoms with Gasteiger partial charge in [-0.25, -0.2) is 13.2 Å². The molecule has 6 nitrogen and oxygen atoms in total. The molecule has 2 aliphatic rings. The van der Waals surface area contributed by atoms with Gasteiger partial charge in [0, 0.05) is 19.2 Å². The molecule has 4 rings (SSSR count). The van der Waals surface area contributed by atoms with E-state index >= 15 is 0 Å². The summed E-state index contributed by atoms with van der Waals surface area (Å²) < 4.78 is 45.1. The fourth-order valence-electron chi connectivity index (χ4n) is 5.42. The fraction of sp³-hybridized carbons (Fsp3) is 0.429. The first-order valence-corrected chi connectivity index (χ1v) is 12.5. The van der Waals surface area contributed by atoms with Crippen molar-refractivity contribution in [2.24, 2.45) is 5.92 Å². The summed E-state index contributed by atoms with van der Waals surface area (Å²) in [5.74, 6) is -4.26. The molecule has 0 radical (unpaired) electrons. The summed E-state index contributed by atoms with van der Waals surface area (Å²) >= 11 is 0. The highest BCUT2D eigenvalue weighted by atomic mass is 19.2. The Hall–Kier alpha value is -3.33. The number of benzene rings is 2. The first kappa shape index (κ1) is 26.7. The first-order chi connectivity index (χ1) is 17.8. The summed E-state index contributed by atoms with van der Waals surface area (Å²) in [6.45, 7) is 2.18. The molecule has 2 aromatic carbocycles. The number of carboxylic acids is 1. The Morgan fingerprint density at radius 3 is 2.11 bits per heavy atom. The van der Waals surface area contributed by atoms with Crippen molar-refractivity contribution in [2.75, 3.05) is 33.3 Å². The second kappa shape index (κ2) is 11.8. The van der Waals surface area contributed by atoms with Crippen LogP contribution in [0.25, 0.3) is 6.08 Å². The van der Waals surface area contributed by atoms with Gasteiger partial charge < -0.3 is 14.7 Å². The van der Waals surface area contributed by atoms with Crippen molar-refractivity contribution >= 4 is 18.0 Å². The van der Waals surface area contributed by atoms with E-state index in [2.05, 4.69) is 17.0 Å². The zero-order valence-electron chi connectivity index (χ0n) is 20.7. The van der Waals surface area contributed by atoms with Crippen LogP contribution in [0.3, 0.4) is 0 Å². The van der Waals surface area contributed by atoms with Gasteiger partial charge in [0.1, 0.15) is 11.8 Å². The van der Waals surface area contributed by atoms with Gasteiger partial charge in [-0.3, -0.25) is 14.5 Å². The lowest BCUT2D eigenvalue weighted by atomic mass is 9.84. The monoisotopic (exact) mass is 516 g/mol. The molecule has 1 amide bonds. The number of amides is 1. The summed E-state index contributed by atoms with van der Waals surface area (Å²) in [7, 11) is 1.63. The minimum atomic E-state index is -1.55. The van der Waals surface area contributed by atoms with Crippen molar-refractivity contribution in [3.8, 4) is 5.75 Å². The Bertz CT molecular complexity index is 1120. The molecule has 0 saturated carbocycles. The zero-order chi connectivity index (χ0) is 26.5. The lowest BCUT2D eigenvalue weighted by Crippen LogP contribution is -2.52. The molecule has 2 aromatic rings. The maximum atomic E-state index is 13.4. The number of rotatable bonds is 7. The summed E-state index contributed by atoms with van der Waals surface area (Å²) in [6.07, 6.45) is 5.30. The van der Waals surface area contributed by atoms with Gasteiger partial charge in [0.25, 0.3) is 0 Å². The van der Waals surface area contributed by atoms with E-state index < -0.39 is 29.5 Å². The third kappa shape index (κ3) is 6.33. The number of aliphatic carboxylic acids is 1. The highest BCUT2D eigenvalue weighted by Gasteiger charge is 2.38. The van der Waals surface area contributed by atoms with Crippen LogP contribution in [0, 0.1) is 23.4 Å². The molecule has 9 heteroatoms. The average molecular weight is 517 g/mol. The summed E-state index contributed by atoms with van der Waals surface area (Å²) in [5, 5.41) is 10.0. The Balaban J connectivity index is 1.31. The smallest absolute Gasteiger partial charge is 0.321 e. The minimum Gasteiger partial charge on any atom is -0.497 e.